The van der Waals surface area contributed by atoms with E-state index in [1.165, 1.54) is 0 Å². The van der Waals surface area contributed by atoms with Crippen molar-refractivity contribution in [2.75, 3.05) is 16.2 Å². The summed E-state index contributed by atoms with van der Waals surface area (Å²) in [7, 11) is -3.74. The molecule has 2 aromatic rings. The van der Waals surface area contributed by atoms with E-state index in [9.17, 15) is 13.2 Å². The largest absolute Gasteiger partial charge is 0.311 e. The van der Waals surface area contributed by atoms with Gasteiger partial charge in [-0.15, -0.1) is 0 Å². The number of carbonyl (C=O) groups is 1. The number of hydrogen-bond acceptors (Lipinski definition) is 3. The maximum Gasteiger partial charge on any atom is 0.261 e. The van der Waals surface area contributed by atoms with Crippen molar-refractivity contribution in [2.45, 2.75) is 44.9 Å². The fourth-order valence-electron chi connectivity index (χ4n) is 3.46. The number of amides is 1. The van der Waals surface area contributed by atoms with Crippen LogP contribution >= 0.6 is 15.9 Å². The second kappa shape index (κ2) is 7.19. The third kappa shape index (κ3) is 3.82. The maximum atomic E-state index is 12.9. The van der Waals surface area contributed by atoms with Crippen molar-refractivity contribution in [3.63, 3.8) is 0 Å². The molecule has 0 saturated heterocycles. The first-order chi connectivity index (χ1) is 12.9. The average Bonchev–Trinajstić information content (AvgIpc) is 2.88. The topological polar surface area (TPSA) is 66.5 Å². The molecule has 1 aliphatic heterocycles. The van der Waals surface area contributed by atoms with E-state index in [1.54, 1.807) is 35.2 Å². The van der Waals surface area contributed by atoms with E-state index in [0.717, 1.165) is 21.3 Å². The van der Waals surface area contributed by atoms with Crippen LogP contribution in [0.1, 0.15) is 38.8 Å². The summed E-state index contributed by atoms with van der Waals surface area (Å²) < 4.78 is 29.4. The highest BCUT2D eigenvalue weighted by Crippen LogP contribution is 2.42. The van der Waals surface area contributed by atoms with Gasteiger partial charge < -0.3 is 4.90 Å². The Hall–Kier alpha value is -1.86. The molecular weight excluding hydrogens is 440 g/mol. The lowest BCUT2D eigenvalue weighted by atomic mass is 9.87. The minimum Gasteiger partial charge on any atom is -0.311 e. The third-order valence-electron chi connectivity index (χ3n) is 5.02. The third-order valence-corrected chi connectivity index (χ3v) is 7.29. The van der Waals surface area contributed by atoms with Crippen LogP contribution in [0.25, 0.3) is 0 Å². The minimum absolute atomic E-state index is 0.0471. The molecule has 2 aromatic carbocycles. The molecule has 0 saturated carbocycles. The molecule has 28 heavy (non-hydrogen) atoms. The Bertz CT molecular complexity index is 1050. The molecule has 1 N–H and O–H groups in total. The molecule has 0 atom stereocenters. The van der Waals surface area contributed by atoms with Crippen molar-refractivity contribution in [2.24, 2.45) is 5.92 Å². The predicted octanol–water partition coefficient (Wildman–Crippen LogP) is 4.84. The molecule has 0 radical (unpaired) electrons. The molecule has 0 aromatic heterocycles. The Kier molecular flexibility index (Phi) is 5.36. The summed E-state index contributed by atoms with van der Waals surface area (Å²) in [5, 5.41) is 0. The van der Waals surface area contributed by atoms with Gasteiger partial charge in [0, 0.05) is 33.7 Å². The van der Waals surface area contributed by atoms with Crippen LogP contribution in [0.3, 0.4) is 0 Å². The fraction of sp³-hybridized carbons (Fsp3) is 0.381. The van der Waals surface area contributed by atoms with E-state index >= 15 is 0 Å². The van der Waals surface area contributed by atoms with Gasteiger partial charge in [0.05, 0.1) is 4.90 Å². The van der Waals surface area contributed by atoms with Gasteiger partial charge in [0.25, 0.3) is 10.0 Å². The van der Waals surface area contributed by atoms with Crippen LogP contribution in [0.4, 0.5) is 11.4 Å². The van der Waals surface area contributed by atoms with E-state index in [1.807, 2.05) is 40.7 Å². The van der Waals surface area contributed by atoms with E-state index in [4.69, 9.17) is 0 Å². The van der Waals surface area contributed by atoms with Crippen molar-refractivity contribution >= 4 is 43.2 Å². The summed E-state index contributed by atoms with van der Waals surface area (Å²) in [5.74, 6) is -0.0710. The Morgan fingerprint density at radius 1 is 1.18 bits per heavy atom. The van der Waals surface area contributed by atoms with Gasteiger partial charge in [-0.2, -0.15) is 0 Å². The lowest BCUT2D eigenvalue weighted by Gasteiger charge is -2.22. The number of aryl methyl sites for hydroxylation is 1. The maximum absolute atomic E-state index is 12.9. The summed E-state index contributed by atoms with van der Waals surface area (Å²) in [4.78, 5) is 14.5. The van der Waals surface area contributed by atoms with Gasteiger partial charge in [-0.3, -0.25) is 9.52 Å². The number of nitrogens with one attached hydrogen (secondary N) is 1. The number of benzene rings is 2. The second-order valence-corrected chi connectivity index (χ2v) is 10.7. The van der Waals surface area contributed by atoms with Gasteiger partial charge in [0.15, 0.2) is 0 Å². The smallest absolute Gasteiger partial charge is 0.261 e. The van der Waals surface area contributed by atoms with E-state index < -0.39 is 10.0 Å². The van der Waals surface area contributed by atoms with E-state index in [-0.39, 0.29) is 22.1 Å². The zero-order valence-corrected chi connectivity index (χ0v) is 19.1. The number of hydrogen-bond donors (Lipinski definition) is 1. The molecule has 0 spiro atoms. The predicted molar refractivity (Wildman–Crippen MR) is 116 cm³/mol. The average molecular weight is 465 g/mol. The van der Waals surface area contributed by atoms with Crippen molar-refractivity contribution in [3.05, 3.63) is 52.0 Å². The number of fused-ring (bicyclic) bond motifs is 1. The number of halogens is 1. The van der Waals surface area contributed by atoms with Gasteiger partial charge >= 0.3 is 0 Å². The quantitative estimate of drug-likeness (QED) is 0.703. The summed E-state index contributed by atoms with van der Waals surface area (Å²) in [6, 6.07) is 10.3. The van der Waals surface area contributed by atoms with Crippen LogP contribution in [0.2, 0.25) is 0 Å². The van der Waals surface area contributed by atoms with E-state index in [2.05, 4.69) is 20.7 Å². The summed E-state index contributed by atoms with van der Waals surface area (Å²) in [6.45, 7) is 10.2. The number of nitrogens with zero attached hydrogens (tertiary/aromatic N) is 1. The zero-order chi connectivity index (χ0) is 20.9. The highest BCUT2D eigenvalue weighted by molar-refractivity contribution is 9.10. The van der Waals surface area contributed by atoms with Crippen molar-refractivity contribution in [3.8, 4) is 0 Å². The monoisotopic (exact) mass is 464 g/mol. The summed E-state index contributed by atoms with van der Waals surface area (Å²) in [6.07, 6.45) is 0. The summed E-state index contributed by atoms with van der Waals surface area (Å²) in [5.41, 5.74) is 2.80. The molecule has 5 nitrogen and oxygen atoms in total. The highest BCUT2D eigenvalue weighted by atomic mass is 79.9. The number of rotatable bonds is 4. The molecule has 1 heterocycles. The number of anilines is 2. The Morgan fingerprint density at radius 3 is 2.46 bits per heavy atom. The lowest BCUT2D eigenvalue weighted by molar-refractivity contribution is -0.121. The van der Waals surface area contributed by atoms with Crippen molar-refractivity contribution in [1.29, 1.82) is 0 Å². The molecular formula is C21H25BrN2O3S. The molecule has 0 aliphatic carbocycles. The first kappa shape index (κ1) is 20.9. The minimum atomic E-state index is -3.74. The fourth-order valence-corrected chi connectivity index (χ4v) is 4.78. The van der Waals surface area contributed by atoms with Gasteiger partial charge in [0.2, 0.25) is 5.91 Å². The first-order valence-electron chi connectivity index (χ1n) is 9.17. The van der Waals surface area contributed by atoms with Crippen LogP contribution in [0, 0.1) is 12.8 Å². The van der Waals surface area contributed by atoms with Crippen LogP contribution in [-0.2, 0) is 20.2 Å². The van der Waals surface area contributed by atoms with Gasteiger partial charge in [0.1, 0.15) is 0 Å². The normalized spacial score (nSPS) is 15.6. The molecule has 3 rings (SSSR count). The van der Waals surface area contributed by atoms with Gasteiger partial charge in [-0.1, -0.05) is 43.6 Å². The van der Waals surface area contributed by atoms with Crippen molar-refractivity contribution < 1.29 is 13.2 Å². The van der Waals surface area contributed by atoms with Crippen LogP contribution < -0.4 is 9.62 Å². The zero-order valence-electron chi connectivity index (χ0n) is 16.7. The first-order valence-corrected chi connectivity index (χ1v) is 11.4. The number of carbonyl (C=O) groups excluding carboxylic acids is 1. The van der Waals surface area contributed by atoms with E-state index in [0.29, 0.717) is 12.2 Å². The van der Waals surface area contributed by atoms with Crippen LogP contribution in [0.5, 0.6) is 0 Å². The molecule has 0 unspecified atom stereocenters. The van der Waals surface area contributed by atoms with Gasteiger partial charge in [-0.25, -0.2) is 8.42 Å². The molecule has 7 heteroatoms. The molecule has 1 amide bonds. The molecule has 150 valence electrons. The highest BCUT2D eigenvalue weighted by Gasteiger charge is 2.39. The lowest BCUT2D eigenvalue weighted by Crippen LogP contribution is -2.36. The standard InChI is InChI=1S/C21H25BrN2O3S/c1-13(2)20(25)24-12-21(4,5)17-11-16(7-9-19(17)24)28(26,27)23-15-6-8-18(22)14(3)10-15/h6-11,13,23H,12H2,1-5H3. The molecule has 0 fully saturated rings. The Balaban J connectivity index is 1.98. The Morgan fingerprint density at radius 2 is 1.86 bits per heavy atom. The van der Waals surface area contributed by atoms with Gasteiger partial charge in [-0.05, 0) is 54.4 Å². The van der Waals surface area contributed by atoms with Crippen molar-refractivity contribution in [1.82, 2.24) is 0 Å². The SMILES string of the molecule is Cc1cc(NS(=O)(=O)c2ccc3c(c2)C(C)(C)CN3C(=O)C(C)C)ccc1Br. The summed E-state index contributed by atoms with van der Waals surface area (Å²) >= 11 is 3.42. The Labute approximate surface area is 175 Å². The second-order valence-electron chi connectivity index (χ2n) is 8.21. The number of sulfonamides is 1. The van der Waals surface area contributed by atoms with Crippen LogP contribution in [0.15, 0.2) is 45.8 Å². The van der Waals surface area contributed by atoms with Crippen LogP contribution in [-0.4, -0.2) is 20.9 Å². The molecule has 0 bridgehead atoms. The molecule has 1 aliphatic rings.